The molecule has 1 fully saturated rings. The summed E-state index contributed by atoms with van der Waals surface area (Å²) in [5.74, 6) is -1.15. The van der Waals surface area contributed by atoms with Gasteiger partial charge in [0, 0.05) is 17.6 Å². The van der Waals surface area contributed by atoms with Crippen molar-refractivity contribution in [2.45, 2.75) is 31.4 Å². The Hall–Kier alpha value is -1.62. The number of methoxy groups -OCH3 is 1. The van der Waals surface area contributed by atoms with Crippen LogP contribution in [0.25, 0.3) is 0 Å². The molecule has 2 rings (SSSR count). The number of Topliss-reactive ketones (excluding diaryl/α,β-unsaturated/α-hetero) is 1. The van der Waals surface area contributed by atoms with Gasteiger partial charge >= 0.3 is 5.97 Å². The second-order valence-electron chi connectivity index (χ2n) is 5.51. The van der Waals surface area contributed by atoms with Gasteiger partial charge in [-0.15, -0.1) is 0 Å². The van der Waals surface area contributed by atoms with Crippen molar-refractivity contribution < 1.29 is 19.1 Å². The molecule has 0 spiro atoms. The molecule has 0 amide bonds. The summed E-state index contributed by atoms with van der Waals surface area (Å²) in [6, 6.07) is 9.83. The first-order chi connectivity index (χ1) is 10.6. The molecule has 2 atom stereocenters. The summed E-state index contributed by atoms with van der Waals surface area (Å²) in [7, 11) is 1.21. The molecule has 0 heterocycles. The van der Waals surface area contributed by atoms with Crippen molar-refractivity contribution in [2.75, 3.05) is 7.11 Å². The van der Waals surface area contributed by atoms with Gasteiger partial charge in [-0.3, -0.25) is 9.59 Å². The average Bonchev–Trinajstić information content (AvgIpc) is 2.59. The van der Waals surface area contributed by atoms with Gasteiger partial charge in [0.25, 0.3) is 0 Å². The predicted octanol–water partition coefficient (Wildman–Crippen LogP) is 2.99. The van der Waals surface area contributed by atoms with E-state index in [2.05, 4.69) is 4.74 Å². The van der Waals surface area contributed by atoms with Gasteiger partial charge in [0.15, 0.2) is 5.12 Å². The quantitative estimate of drug-likeness (QED) is 0.616. The minimum Gasteiger partial charge on any atom is -0.463 e. The van der Waals surface area contributed by atoms with Crippen molar-refractivity contribution in [1.29, 1.82) is 0 Å². The standard InChI is InChI=1S/C17H20O4S/c1-21-16(19)15(18)13-8-5-9-14(10-13)17(20)22-11-12-6-3-2-4-7-12/h2-4,6-7,13-14H,5,8-11H2,1H3/t13-,14+/m1/s1. The SMILES string of the molecule is COC(=O)C(=O)[C@@H]1CCC[C@H](C(=O)SCc2ccccc2)C1. The van der Waals surface area contributed by atoms with Gasteiger partial charge in [0.2, 0.25) is 5.78 Å². The highest BCUT2D eigenvalue weighted by atomic mass is 32.2. The molecule has 1 aliphatic rings. The van der Waals surface area contributed by atoms with Crippen molar-refractivity contribution in [3.8, 4) is 0 Å². The molecule has 1 aromatic carbocycles. The summed E-state index contributed by atoms with van der Waals surface area (Å²) < 4.78 is 4.49. The van der Waals surface area contributed by atoms with Gasteiger partial charge in [-0.05, 0) is 24.8 Å². The van der Waals surface area contributed by atoms with Crippen LogP contribution in [0.1, 0.15) is 31.2 Å². The molecule has 4 nitrogen and oxygen atoms in total. The molecule has 0 bridgehead atoms. The van der Waals surface area contributed by atoms with Crippen molar-refractivity contribution in [3.63, 3.8) is 0 Å². The Morgan fingerprint density at radius 3 is 2.50 bits per heavy atom. The maximum absolute atomic E-state index is 12.3. The van der Waals surface area contributed by atoms with E-state index < -0.39 is 11.8 Å². The maximum Gasteiger partial charge on any atom is 0.374 e. The van der Waals surface area contributed by atoms with E-state index in [1.165, 1.54) is 18.9 Å². The van der Waals surface area contributed by atoms with E-state index in [1.807, 2.05) is 30.3 Å². The van der Waals surface area contributed by atoms with Gasteiger partial charge in [0.1, 0.15) is 0 Å². The lowest BCUT2D eigenvalue weighted by Crippen LogP contribution is -2.31. The molecule has 0 radical (unpaired) electrons. The van der Waals surface area contributed by atoms with Crippen LogP contribution in [-0.4, -0.2) is 24.0 Å². The van der Waals surface area contributed by atoms with Gasteiger partial charge < -0.3 is 4.74 Å². The van der Waals surface area contributed by atoms with Crippen LogP contribution >= 0.6 is 11.8 Å². The molecule has 0 aromatic heterocycles. The predicted molar refractivity (Wildman–Crippen MR) is 85.2 cm³/mol. The van der Waals surface area contributed by atoms with Crippen LogP contribution < -0.4 is 0 Å². The molecule has 1 aromatic rings. The van der Waals surface area contributed by atoms with Crippen LogP contribution in [0.4, 0.5) is 0 Å². The highest BCUT2D eigenvalue weighted by molar-refractivity contribution is 8.13. The van der Waals surface area contributed by atoms with E-state index in [4.69, 9.17) is 0 Å². The Labute approximate surface area is 134 Å². The molecule has 0 unspecified atom stereocenters. The molecule has 0 N–H and O–H groups in total. The molecule has 5 heteroatoms. The first-order valence-electron chi connectivity index (χ1n) is 7.44. The maximum atomic E-state index is 12.3. The number of ether oxygens (including phenoxy) is 1. The summed E-state index contributed by atoms with van der Waals surface area (Å²) >= 11 is 1.30. The number of rotatable bonds is 5. The number of ketones is 1. The van der Waals surface area contributed by atoms with E-state index in [9.17, 15) is 14.4 Å². The number of hydrogen-bond donors (Lipinski definition) is 0. The molecule has 0 saturated heterocycles. The van der Waals surface area contributed by atoms with Crippen LogP contribution in [0.15, 0.2) is 30.3 Å². The summed E-state index contributed by atoms with van der Waals surface area (Å²) in [4.78, 5) is 35.5. The smallest absolute Gasteiger partial charge is 0.374 e. The molecule has 22 heavy (non-hydrogen) atoms. The van der Waals surface area contributed by atoms with E-state index in [0.29, 0.717) is 18.6 Å². The normalized spacial score (nSPS) is 21.1. The van der Waals surface area contributed by atoms with E-state index in [0.717, 1.165) is 18.4 Å². The molecule has 1 aliphatic carbocycles. The number of benzene rings is 1. The fourth-order valence-corrected chi connectivity index (χ4v) is 3.71. The molecule has 0 aliphatic heterocycles. The average molecular weight is 320 g/mol. The number of hydrogen-bond acceptors (Lipinski definition) is 5. The van der Waals surface area contributed by atoms with Gasteiger partial charge in [-0.2, -0.15) is 0 Å². The fourth-order valence-electron chi connectivity index (χ4n) is 2.76. The number of esters is 1. The fraction of sp³-hybridized carbons (Fsp3) is 0.471. The van der Waals surface area contributed by atoms with Crippen LogP contribution in [0.3, 0.4) is 0 Å². The van der Waals surface area contributed by atoms with Gasteiger partial charge in [0.05, 0.1) is 7.11 Å². The Bertz CT molecular complexity index is 541. The zero-order valence-corrected chi connectivity index (χ0v) is 13.4. The van der Waals surface area contributed by atoms with E-state index >= 15 is 0 Å². The van der Waals surface area contributed by atoms with Crippen molar-refractivity contribution in [2.24, 2.45) is 11.8 Å². The first-order valence-corrected chi connectivity index (χ1v) is 8.43. The van der Waals surface area contributed by atoms with Gasteiger partial charge in [-0.1, -0.05) is 48.5 Å². The topological polar surface area (TPSA) is 60.4 Å². The van der Waals surface area contributed by atoms with Crippen LogP contribution in [0.2, 0.25) is 0 Å². The van der Waals surface area contributed by atoms with Gasteiger partial charge in [-0.25, -0.2) is 4.79 Å². The minimum atomic E-state index is -0.796. The Morgan fingerprint density at radius 1 is 1.14 bits per heavy atom. The van der Waals surface area contributed by atoms with Crippen molar-refractivity contribution >= 4 is 28.6 Å². The first kappa shape index (κ1) is 16.7. The van der Waals surface area contributed by atoms with E-state index in [1.54, 1.807) is 0 Å². The molecule has 1 saturated carbocycles. The lowest BCUT2D eigenvalue weighted by molar-refractivity contribution is -0.154. The van der Waals surface area contributed by atoms with Crippen molar-refractivity contribution in [3.05, 3.63) is 35.9 Å². The number of thioether (sulfide) groups is 1. The monoisotopic (exact) mass is 320 g/mol. The lowest BCUT2D eigenvalue weighted by Gasteiger charge is -2.26. The summed E-state index contributed by atoms with van der Waals surface area (Å²) in [6.07, 6.45) is 2.73. The highest BCUT2D eigenvalue weighted by Gasteiger charge is 2.34. The number of carbonyl (C=O) groups is 3. The Kier molecular flexibility index (Phi) is 6.19. The largest absolute Gasteiger partial charge is 0.463 e. The zero-order chi connectivity index (χ0) is 15.9. The molecular weight excluding hydrogens is 300 g/mol. The number of carbonyl (C=O) groups excluding carboxylic acids is 3. The summed E-state index contributed by atoms with van der Waals surface area (Å²) in [5, 5.41) is 0.117. The lowest BCUT2D eigenvalue weighted by atomic mass is 9.80. The third kappa shape index (κ3) is 4.44. The van der Waals surface area contributed by atoms with Crippen LogP contribution in [0, 0.1) is 11.8 Å². The zero-order valence-electron chi connectivity index (χ0n) is 12.6. The Morgan fingerprint density at radius 2 is 1.82 bits per heavy atom. The summed E-state index contributed by atoms with van der Waals surface area (Å²) in [6.45, 7) is 0. The van der Waals surface area contributed by atoms with Crippen molar-refractivity contribution in [1.82, 2.24) is 0 Å². The second-order valence-corrected chi connectivity index (χ2v) is 6.49. The highest BCUT2D eigenvalue weighted by Crippen LogP contribution is 2.33. The molecular formula is C17H20O4S. The van der Waals surface area contributed by atoms with E-state index in [-0.39, 0.29) is 17.0 Å². The third-order valence-corrected chi connectivity index (χ3v) is 5.08. The molecule has 118 valence electrons. The van der Waals surface area contributed by atoms with Crippen LogP contribution in [0.5, 0.6) is 0 Å². The minimum absolute atomic E-state index is 0.117. The van der Waals surface area contributed by atoms with Crippen LogP contribution in [-0.2, 0) is 24.9 Å². The summed E-state index contributed by atoms with van der Waals surface area (Å²) in [5.41, 5.74) is 1.11. The third-order valence-electron chi connectivity index (χ3n) is 3.99. The second kappa shape index (κ2) is 8.13. The Balaban J connectivity index is 1.87.